The van der Waals surface area contributed by atoms with Crippen molar-refractivity contribution in [2.45, 2.75) is 17.4 Å². The largest absolute Gasteiger partial charge is 0.494 e. The number of benzene rings is 1. The molecular formula is C20H21IN4O2. The summed E-state index contributed by atoms with van der Waals surface area (Å²) in [6.45, 7) is 4.65. The van der Waals surface area contributed by atoms with Crippen LogP contribution in [0.5, 0.6) is 5.75 Å². The summed E-state index contributed by atoms with van der Waals surface area (Å²) in [7, 11) is 0. The highest BCUT2D eigenvalue weighted by Gasteiger charge is 2.28. The van der Waals surface area contributed by atoms with Crippen molar-refractivity contribution in [3.8, 4) is 17.6 Å². The quantitative estimate of drug-likeness (QED) is 0.294. The van der Waals surface area contributed by atoms with E-state index in [4.69, 9.17) is 4.74 Å². The van der Waals surface area contributed by atoms with Gasteiger partial charge in [0.15, 0.2) is 0 Å². The molecule has 1 aliphatic rings. The minimum absolute atomic E-state index is 0.111. The molecule has 0 N–H and O–H groups in total. The lowest BCUT2D eigenvalue weighted by Gasteiger charge is -2.37. The van der Waals surface area contributed by atoms with Crippen LogP contribution < -0.4 is 9.64 Å². The maximum atomic E-state index is 12.4. The first-order chi connectivity index (χ1) is 13.2. The summed E-state index contributed by atoms with van der Waals surface area (Å²) in [4.78, 5) is 24.9. The van der Waals surface area contributed by atoms with Gasteiger partial charge in [0.05, 0.1) is 13.2 Å². The number of piperazine rings is 1. The highest BCUT2D eigenvalue weighted by Crippen LogP contribution is 2.20. The van der Waals surface area contributed by atoms with Crippen LogP contribution in [0, 0.1) is 11.8 Å². The van der Waals surface area contributed by atoms with Gasteiger partial charge in [0.25, 0.3) is 5.91 Å². The fourth-order valence-electron chi connectivity index (χ4n) is 2.65. The fraction of sp³-hybridized carbons (Fsp3) is 0.350. The summed E-state index contributed by atoms with van der Waals surface area (Å²) in [6, 6.07) is 9.30. The van der Waals surface area contributed by atoms with Crippen molar-refractivity contribution in [1.82, 2.24) is 14.9 Å². The van der Waals surface area contributed by atoms with Gasteiger partial charge < -0.3 is 14.5 Å². The fourth-order valence-corrected chi connectivity index (χ4v) is 3.65. The van der Waals surface area contributed by atoms with Crippen LogP contribution in [0.1, 0.15) is 18.9 Å². The van der Waals surface area contributed by atoms with Crippen molar-refractivity contribution < 1.29 is 9.53 Å². The summed E-state index contributed by atoms with van der Waals surface area (Å²) in [6.07, 6.45) is 4.43. The molecule has 7 heteroatoms. The molecule has 1 aromatic heterocycles. The molecule has 0 spiro atoms. The summed E-state index contributed by atoms with van der Waals surface area (Å²) in [5.41, 5.74) is 0.801. The lowest BCUT2D eigenvalue weighted by molar-refractivity contribution is -0.125. The zero-order valence-corrected chi connectivity index (χ0v) is 17.3. The average Bonchev–Trinajstić information content (AvgIpc) is 2.71. The Morgan fingerprint density at radius 1 is 1.26 bits per heavy atom. The highest BCUT2D eigenvalue weighted by atomic mass is 127. The Morgan fingerprint density at radius 2 is 2.00 bits per heavy atom. The van der Waals surface area contributed by atoms with Crippen LogP contribution in [0.15, 0.2) is 42.7 Å². The second-order valence-electron chi connectivity index (χ2n) is 6.05. The van der Waals surface area contributed by atoms with E-state index in [0.717, 1.165) is 17.7 Å². The molecule has 1 amide bonds. The second kappa shape index (κ2) is 9.55. The number of hydrogen-bond donors (Lipinski definition) is 0. The Labute approximate surface area is 173 Å². The van der Waals surface area contributed by atoms with Crippen LogP contribution in [0.3, 0.4) is 0 Å². The molecule has 1 aromatic carbocycles. The molecule has 27 heavy (non-hydrogen) atoms. The molecule has 1 aliphatic heterocycles. The van der Waals surface area contributed by atoms with Crippen molar-refractivity contribution in [1.29, 1.82) is 0 Å². The Kier molecular flexibility index (Phi) is 6.87. The van der Waals surface area contributed by atoms with E-state index >= 15 is 0 Å². The van der Waals surface area contributed by atoms with Crippen molar-refractivity contribution >= 4 is 34.4 Å². The van der Waals surface area contributed by atoms with Gasteiger partial charge in [0.2, 0.25) is 5.95 Å². The zero-order valence-electron chi connectivity index (χ0n) is 15.1. The maximum Gasteiger partial charge on any atom is 0.298 e. The monoisotopic (exact) mass is 476 g/mol. The molecule has 2 heterocycles. The first-order valence-corrected chi connectivity index (χ1v) is 10.1. The average molecular weight is 476 g/mol. The zero-order chi connectivity index (χ0) is 19.1. The number of carbonyl (C=O) groups excluding carboxylic acids is 1. The van der Waals surface area contributed by atoms with E-state index in [-0.39, 0.29) is 9.96 Å². The Bertz CT molecular complexity index is 817. The molecule has 6 nitrogen and oxygen atoms in total. The van der Waals surface area contributed by atoms with E-state index < -0.39 is 0 Å². The molecule has 140 valence electrons. The normalized spacial score (nSPS) is 16.4. The third kappa shape index (κ3) is 5.32. The number of nitrogens with zero attached hydrogens (tertiary/aromatic N) is 4. The van der Waals surface area contributed by atoms with E-state index in [0.29, 0.717) is 32.2 Å². The van der Waals surface area contributed by atoms with Crippen LogP contribution in [0.2, 0.25) is 0 Å². The van der Waals surface area contributed by atoms with Crippen molar-refractivity contribution in [2.75, 3.05) is 31.1 Å². The van der Waals surface area contributed by atoms with Gasteiger partial charge in [-0.25, -0.2) is 9.97 Å². The van der Waals surface area contributed by atoms with Crippen LogP contribution in [0.25, 0.3) is 0 Å². The summed E-state index contributed by atoms with van der Waals surface area (Å²) in [5, 5.41) is 0. The van der Waals surface area contributed by atoms with E-state index in [1.807, 2.05) is 24.3 Å². The summed E-state index contributed by atoms with van der Waals surface area (Å²) >= 11 is 2.32. The molecule has 0 radical (unpaired) electrons. The van der Waals surface area contributed by atoms with E-state index in [2.05, 4.69) is 56.2 Å². The van der Waals surface area contributed by atoms with Gasteiger partial charge in [0.1, 0.15) is 9.80 Å². The number of amides is 1. The molecule has 0 bridgehead atoms. The van der Waals surface area contributed by atoms with Crippen LogP contribution in [0.4, 0.5) is 5.95 Å². The van der Waals surface area contributed by atoms with E-state index in [9.17, 15) is 4.79 Å². The number of hydrogen-bond acceptors (Lipinski definition) is 5. The highest BCUT2D eigenvalue weighted by molar-refractivity contribution is 14.1. The van der Waals surface area contributed by atoms with E-state index in [1.54, 1.807) is 23.4 Å². The van der Waals surface area contributed by atoms with Gasteiger partial charge in [-0.15, -0.1) is 0 Å². The van der Waals surface area contributed by atoms with Crippen LogP contribution >= 0.6 is 22.6 Å². The predicted molar refractivity (Wildman–Crippen MR) is 113 cm³/mol. The molecular weight excluding hydrogens is 455 g/mol. The van der Waals surface area contributed by atoms with Gasteiger partial charge in [0, 0.05) is 37.0 Å². The first kappa shape index (κ1) is 19.4. The smallest absolute Gasteiger partial charge is 0.298 e. The third-order valence-corrected chi connectivity index (χ3v) is 5.12. The number of carbonyl (C=O) groups is 1. The van der Waals surface area contributed by atoms with Gasteiger partial charge in [-0.2, -0.15) is 0 Å². The van der Waals surface area contributed by atoms with E-state index in [1.165, 1.54) is 0 Å². The Morgan fingerprint density at radius 3 is 2.67 bits per heavy atom. The minimum Gasteiger partial charge on any atom is -0.494 e. The van der Waals surface area contributed by atoms with Gasteiger partial charge in [-0.3, -0.25) is 4.79 Å². The van der Waals surface area contributed by atoms with Gasteiger partial charge in [-0.1, -0.05) is 35.4 Å². The standard InChI is InChI=1S/C20H21IN4O2/c1-2-14-27-17-7-4-16(5-8-17)6-9-19(26)24-12-13-25(18(21)15-24)20-22-10-3-11-23-20/h3-5,7-8,10-11,18H,2,12-15H2,1H3. The molecule has 1 saturated heterocycles. The lowest BCUT2D eigenvalue weighted by atomic mass is 10.2. The molecule has 0 aliphatic carbocycles. The number of alkyl halides is 1. The molecule has 1 atom stereocenters. The van der Waals surface area contributed by atoms with Crippen molar-refractivity contribution in [2.24, 2.45) is 0 Å². The number of aromatic nitrogens is 2. The molecule has 0 saturated carbocycles. The first-order valence-electron chi connectivity index (χ1n) is 8.89. The van der Waals surface area contributed by atoms with Crippen LogP contribution in [-0.4, -0.2) is 51.1 Å². The van der Waals surface area contributed by atoms with Crippen molar-refractivity contribution in [3.05, 3.63) is 48.3 Å². The topological polar surface area (TPSA) is 58.6 Å². The van der Waals surface area contributed by atoms with Gasteiger partial charge >= 0.3 is 0 Å². The molecule has 2 aromatic rings. The van der Waals surface area contributed by atoms with Crippen LogP contribution in [-0.2, 0) is 4.79 Å². The SMILES string of the molecule is CCCOc1ccc(C#CC(=O)N2CCN(c3ncccn3)C(I)C2)cc1. The number of ether oxygens (including phenoxy) is 1. The Hall–Kier alpha value is -2.34. The minimum atomic E-state index is -0.156. The number of rotatable bonds is 4. The number of anilines is 1. The lowest BCUT2D eigenvalue weighted by Crippen LogP contribution is -2.52. The third-order valence-electron chi connectivity index (χ3n) is 4.06. The second-order valence-corrected chi connectivity index (χ2v) is 7.49. The van der Waals surface area contributed by atoms with Gasteiger partial charge in [-0.05, 0) is 36.8 Å². The Balaban J connectivity index is 1.57. The number of halogens is 1. The molecule has 1 fully saturated rings. The molecule has 1 unspecified atom stereocenters. The summed E-state index contributed by atoms with van der Waals surface area (Å²) in [5.74, 6) is 7.05. The molecule has 3 rings (SSSR count). The van der Waals surface area contributed by atoms with Crippen molar-refractivity contribution in [3.63, 3.8) is 0 Å². The predicted octanol–water partition coefficient (Wildman–Crippen LogP) is 2.73. The maximum absolute atomic E-state index is 12.4. The summed E-state index contributed by atoms with van der Waals surface area (Å²) < 4.78 is 5.66.